The summed E-state index contributed by atoms with van der Waals surface area (Å²) in [5, 5.41) is 14.9. The SMILES string of the molecule is Cc1ccc(O)c(NC(=O)CN2CCCNC2=O)c1. The molecular weight excluding hydrogens is 246 g/mol. The predicted octanol–water partition coefficient (Wildman–Crippen LogP) is 1.05. The van der Waals surface area contributed by atoms with Gasteiger partial charge >= 0.3 is 6.03 Å². The monoisotopic (exact) mass is 263 g/mol. The molecule has 6 nitrogen and oxygen atoms in total. The maximum absolute atomic E-state index is 11.8. The maximum Gasteiger partial charge on any atom is 0.317 e. The van der Waals surface area contributed by atoms with E-state index in [9.17, 15) is 14.7 Å². The van der Waals surface area contributed by atoms with Gasteiger partial charge in [0.25, 0.3) is 0 Å². The molecule has 1 aliphatic rings. The van der Waals surface area contributed by atoms with E-state index in [0.29, 0.717) is 18.8 Å². The molecule has 0 aromatic heterocycles. The Bertz CT molecular complexity index is 502. The highest BCUT2D eigenvalue weighted by Crippen LogP contribution is 2.23. The summed E-state index contributed by atoms with van der Waals surface area (Å²) in [5.41, 5.74) is 1.30. The van der Waals surface area contributed by atoms with Gasteiger partial charge in [0.05, 0.1) is 5.69 Å². The third-order valence-electron chi connectivity index (χ3n) is 2.93. The fourth-order valence-electron chi connectivity index (χ4n) is 1.94. The number of aromatic hydroxyl groups is 1. The quantitative estimate of drug-likeness (QED) is 0.713. The number of phenolic OH excluding ortho intramolecular Hbond substituents is 1. The van der Waals surface area contributed by atoms with Crippen molar-refractivity contribution in [2.24, 2.45) is 0 Å². The lowest BCUT2D eigenvalue weighted by Crippen LogP contribution is -2.49. The molecule has 1 saturated heterocycles. The summed E-state index contributed by atoms with van der Waals surface area (Å²) in [7, 11) is 0. The van der Waals surface area contributed by atoms with Crippen molar-refractivity contribution in [2.45, 2.75) is 13.3 Å². The van der Waals surface area contributed by atoms with Gasteiger partial charge in [-0.1, -0.05) is 6.07 Å². The molecule has 3 N–H and O–H groups in total. The Morgan fingerprint density at radius 3 is 3.05 bits per heavy atom. The molecule has 1 aromatic rings. The van der Waals surface area contributed by atoms with Crippen LogP contribution in [0.1, 0.15) is 12.0 Å². The van der Waals surface area contributed by atoms with Crippen LogP contribution in [0.2, 0.25) is 0 Å². The van der Waals surface area contributed by atoms with Crippen LogP contribution in [0.3, 0.4) is 0 Å². The van der Waals surface area contributed by atoms with Gasteiger partial charge in [-0.3, -0.25) is 4.79 Å². The summed E-state index contributed by atoms with van der Waals surface area (Å²) in [6.07, 6.45) is 0.828. The molecule has 0 bridgehead atoms. The van der Waals surface area contributed by atoms with E-state index in [1.807, 2.05) is 6.92 Å². The molecule has 2 rings (SSSR count). The third-order valence-corrected chi connectivity index (χ3v) is 2.93. The highest BCUT2D eigenvalue weighted by atomic mass is 16.3. The van der Waals surface area contributed by atoms with Crippen molar-refractivity contribution in [3.05, 3.63) is 23.8 Å². The van der Waals surface area contributed by atoms with Crippen LogP contribution in [0.5, 0.6) is 5.75 Å². The number of hydrogen-bond acceptors (Lipinski definition) is 3. The number of benzene rings is 1. The van der Waals surface area contributed by atoms with Gasteiger partial charge in [0, 0.05) is 13.1 Å². The fraction of sp³-hybridized carbons (Fsp3) is 0.385. The standard InChI is InChI=1S/C13H17N3O3/c1-9-3-4-11(17)10(7-9)15-12(18)8-16-6-2-5-14-13(16)19/h3-4,7,17H,2,5-6,8H2,1H3,(H,14,19)(H,15,18). The number of nitrogens with one attached hydrogen (secondary N) is 2. The molecular formula is C13H17N3O3. The lowest BCUT2D eigenvalue weighted by molar-refractivity contribution is -0.116. The zero-order valence-corrected chi connectivity index (χ0v) is 10.8. The molecule has 0 atom stereocenters. The minimum Gasteiger partial charge on any atom is -0.506 e. The Morgan fingerprint density at radius 2 is 2.32 bits per heavy atom. The lowest BCUT2D eigenvalue weighted by Gasteiger charge is -2.26. The Labute approximate surface area is 111 Å². The number of nitrogens with zero attached hydrogens (tertiary/aromatic N) is 1. The van der Waals surface area contributed by atoms with Crippen molar-refractivity contribution >= 4 is 17.6 Å². The van der Waals surface area contributed by atoms with E-state index < -0.39 is 0 Å². The van der Waals surface area contributed by atoms with Gasteiger partial charge in [-0.15, -0.1) is 0 Å². The molecule has 19 heavy (non-hydrogen) atoms. The number of carbonyl (C=O) groups is 2. The van der Waals surface area contributed by atoms with Crippen LogP contribution in [0.15, 0.2) is 18.2 Å². The zero-order chi connectivity index (χ0) is 13.8. The number of aryl methyl sites for hydroxylation is 1. The maximum atomic E-state index is 11.8. The van der Waals surface area contributed by atoms with E-state index >= 15 is 0 Å². The molecule has 1 aliphatic heterocycles. The van der Waals surface area contributed by atoms with E-state index in [4.69, 9.17) is 0 Å². The van der Waals surface area contributed by atoms with E-state index in [1.165, 1.54) is 11.0 Å². The molecule has 6 heteroatoms. The summed E-state index contributed by atoms with van der Waals surface area (Å²) in [5.74, 6) is -0.306. The third kappa shape index (κ3) is 3.37. The smallest absolute Gasteiger partial charge is 0.317 e. The summed E-state index contributed by atoms with van der Waals surface area (Å²) in [6.45, 7) is 3.07. The zero-order valence-electron chi connectivity index (χ0n) is 10.8. The van der Waals surface area contributed by atoms with Gasteiger partial charge in [-0.25, -0.2) is 4.79 Å². The van der Waals surface area contributed by atoms with Crippen molar-refractivity contribution in [1.82, 2.24) is 10.2 Å². The molecule has 0 unspecified atom stereocenters. The van der Waals surface area contributed by atoms with E-state index in [2.05, 4.69) is 10.6 Å². The Hall–Kier alpha value is -2.24. The Balaban J connectivity index is 1.97. The van der Waals surface area contributed by atoms with Gasteiger partial charge in [0.15, 0.2) is 0 Å². The second kappa shape index (κ2) is 5.60. The van der Waals surface area contributed by atoms with Crippen LogP contribution >= 0.6 is 0 Å². The van der Waals surface area contributed by atoms with Crippen molar-refractivity contribution in [1.29, 1.82) is 0 Å². The number of urea groups is 1. The van der Waals surface area contributed by atoms with E-state index in [0.717, 1.165) is 12.0 Å². The Kier molecular flexibility index (Phi) is 3.89. The van der Waals surface area contributed by atoms with Gasteiger partial charge in [0.1, 0.15) is 12.3 Å². The number of phenols is 1. The first-order chi connectivity index (χ1) is 9.06. The molecule has 102 valence electrons. The van der Waals surface area contributed by atoms with Crippen LogP contribution in [-0.2, 0) is 4.79 Å². The van der Waals surface area contributed by atoms with Gasteiger partial charge in [0.2, 0.25) is 5.91 Å². The normalized spacial score (nSPS) is 15.0. The fourth-order valence-corrected chi connectivity index (χ4v) is 1.94. The summed E-state index contributed by atoms with van der Waals surface area (Å²) in [4.78, 5) is 24.8. The first kappa shape index (κ1) is 13.2. The number of amides is 3. The topological polar surface area (TPSA) is 81.7 Å². The molecule has 0 saturated carbocycles. The second-order valence-electron chi connectivity index (χ2n) is 4.58. The highest BCUT2D eigenvalue weighted by Gasteiger charge is 2.20. The molecule has 1 aromatic carbocycles. The first-order valence-corrected chi connectivity index (χ1v) is 6.18. The van der Waals surface area contributed by atoms with Crippen LogP contribution in [0.25, 0.3) is 0 Å². The number of hydrogen-bond donors (Lipinski definition) is 3. The van der Waals surface area contributed by atoms with Crippen LogP contribution in [0, 0.1) is 6.92 Å². The molecule has 0 spiro atoms. The van der Waals surface area contributed by atoms with Crippen molar-refractivity contribution in [3.63, 3.8) is 0 Å². The number of carbonyl (C=O) groups excluding carboxylic acids is 2. The van der Waals surface area contributed by atoms with E-state index in [-0.39, 0.29) is 24.2 Å². The van der Waals surface area contributed by atoms with Crippen molar-refractivity contribution < 1.29 is 14.7 Å². The minimum atomic E-state index is -0.321. The summed E-state index contributed by atoms with van der Waals surface area (Å²) >= 11 is 0. The Morgan fingerprint density at radius 1 is 1.53 bits per heavy atom. The van der Waals surface area contributed by atoms with Crippen molar-refractivity contribution in [2.75, 3.05) is 25.0 Å². The molecule has 3 amide bonds. The molecule has 0 radical (unpaired) electrons. The minimum absolute atomic E-state index is 0.0147. The highest BCUT2D eigenvalue weighted by molar-refractivity contribution is 5.95. The summed E-state index contributed by atoms with van der Waals surface area (Å²) in [6, 6.07) is 4.74. The molecule has 0 aliphatic carbocycles. The first-order valence-electron chi connectivity index (χ1n) is 6.18. The average molecular weight is 263 g/mol. The van der Waals surface area contributed by atoms with E-state index in [1.54, 1.807) is 12.1 Å². The van der Waals surface area contributed by atoms with Gasteiger partial charge in [-0.05, 0) is 31.0 Å². The largest absolute Gasteiger partial charge is 0.506 e. The van der Waals surface area contributed by atoms with Crippen LogP contribution in [0.4, 0.5) is 10.5 Å². The van der Waals surface area contributed by atoms with Crippen molar-refractivity contribution in [3.8, 4) is 5.75 Å². The molecule has 1 heterocycles. The second-order valence-corrected chi connectivity index (χ2v) is 4.58. The summed E-state index contributed by atoms with van der Waals surface area (Å²) < 4.78 is 0. The number of rotatable bonds is 3. The number of anilines is 1. The average Bonchev–Trinajstić information content (AvgIpc) is 2.37. The van der Waals surface area contributed by atoms with Gasteiger partial charge < -0.3 is 20.6 Å². The van der Waals surface area contributed by atoms with Crippen LogP contribution in [-0.4, -0.2) is 41.6 Å². The predicted molar refractivity (Wildman–Crippen MR) is 71.1 cm³/mol. The van der Waals surface area contributed by atoms with Crippen LogP contribution < -0.4 is 10.6 Å². The lowest BCUT2D eigenvalue weighted by atomic mass is 10.2. The molecule has 1 fully saturated rings. The van der Waals surface area contributed by atoms with Gasteiger partial charge in [-0.2, -0.15) is 0 Å².